The minimum atomic E-state index is -0.492. The monoisotopic (exact) mass is 430 g/mol. The van der Waals surface area contributed by atoms with Crippen LogP contribution in [0.5, 0.6) is 11.5 Å². The van der Waals surface area contributed by atoms with E-state index in [0.717, 1.165) is 5.56 Å². The highest BCUT2D eigenvalue weighted by atomic mass is 32.2. The lowest BCUT2D eigenvalue weighted by Gasteiger charge is -2.14. The third kappa shape index (κ3) is 4.57. The van der Waals surface area contributed by atoms with Crippen molar-refractivity contribution < 1.29 is 19.2 Å². The predicted octanol–water partition coefficient (Wildman–Crippen LogP) is 4.80. The number of carbonyl (C=O) groups is 1. The molecule has 1 fully saturated rings. The van der Waals surface area contributed by atoms with E-state index in [9.17, 15) is 14.9 Å². The normalized spacial score (nSPS) is 15.3. The molecule has 0 bridgehead atoms. The average Bonchev–Trinajstić information content (AvgIpc) is 2.95. The summed E-state index contributed by atoms with van der Waals surface area (Å²) in [5, 5.41) is 10.8. The van der Waals surface area contributed by atoms with Gasteiger partial charge in [-0.3, -0.25) is 19.8 Å². The molecular formula is C20H18N2O5S2. The smallest absolute Gasteiger partial charge is 0.270 e. The van der Waals surface area contributed by atoms with Crippen LogP contribution in [0.25, 0.3) is 6.08 Å². The van der Waals surface area contributed by atoms with Gasteiger partial charge in [0.25, 0.3) is 11.6 Å². The molecule has 0 N–H and O–H groups in total. The standard InChI is InChI=1S/C20H18N2O5S2/c1-12(2)27-16-9-4-13(10-17(16)26-3)11-18-19(23)21(20(28)29-18)14-5-7-15(8-6-14)22(24)25/h4-12H,1-3H3/b18-11+. The fourth-order valence-electron chi connectivity index (χ4n) is 2.69. The van der Waals surface area contributed by atoms with E-state index in [1.807, 2.05) is 19.9 Å². The summed E-state index contributed by atoms with van der Waals surface area (Å²) < 4.78 is 11.5. The lowest BCUT2D eigenvalue weighted by molar-refractivity contribution is -0.384. The molecule has 1 amide bonds. The van der Waals surface area contributed by atoms with Crippen LogP contribution in [-0.2, 0) is 4.79 Å². The topological polar surface area (TPSA) is 81.9 Å². The molecule has 29 heavy (non-hydrogen) atoms. The fraction of sp³-hybridized carbons (Fsp3) is 0.200. The van der Waals surface area contributed by atoms with Crippen LogP contribution in [0.2, 0.25) is 0 Å². The van der Waals surface area contributed by atoms with Crippen molar-refractivity contribution in [2.24, 2.45) is 0 Å². The lowest BCUT2D eigenvalue weighted by Crippen LogP contribution is -2.27. The van der Waals surface area contributed by atoms with Crippen LogP contribution < -0.4 is 14.4 Å². The highest BCUT2D eigenvalue weighted by Gasteiger charge is 2.33. The number of non-ortho nitro benzene ring substituents is 1. The van der Waals surface area contributed by atoms with Crippen molar-refractivity contribution in [3.8, 4) is 11.5 Å². The zero-order valence-electron chi connectivity index (χ0n) is 15.9. The highest BCUT2D eigenvalue weighted by molar-refractivity contribution is 8.27. The Labute approximate surface area is 177 Å². The van der Waals surface area contributed by atoms with Gasteiger partial charge in [0.15, 0.2) is 15.8 Å². The van der Waals surface area contributed by atoms with E-state index in [4.69, 9.17) is 21.7 Å². The van der Waals surface area contributed by atoms with E-state index in [2.05, 4.69) is 0 Å². The van der Waals surface area contributed by atoms with Crippen molar-refractivity contribution in [1.29, 1.82) is 0 Å². The van der Waals surface area contributed by atoms with Crippen molar-refractivity contribution in [1.82, 2.24) is 0 Å². The molecule has 0 spiro atoms. The molecule has 0 radical (unpaired) electrons. The summed E-state index contributed by atoms with van der Waals surface area (Å²) in [4.78, 5) is 25.0. The Morgan fingerprint density at radius 1 is 1.17 bits per heavy atom. The summed E-state index contributed by atoms with van der Waals surface area (Å²) in [5.41, 5.74) is 1.20. The van der Waals surface area contributed by atoms with E-state index in [1.165, 1.54) is 40.9 Å². The summed E-state index contributed by atoms with van der Waals surface area (Å²) in [6, 6.07) is 11.1. The van der Waals surface area contributed by atoms with E-state index < -0.39 is 4.92 Å². The van der Waals surface area contributed by atoms with E-state index in [0.29, 0.717) is 26.4 Å². The molecule has 0 aliphatic carbocycles. The SMILES string of the molecule is COc1cc(/C=C2/SC(=S)N(c3ccc([N+](=O)[O-])cc3)C2=O)ccc1OC(C)C. The quantitative estimate of drug-likeness (QED) is 0.282. The molecule has 1 heterocycles. The van der Waals surface area contributed by atoms with Crippen molar-refractivity contribution in [2.45, 2.75) is 20.0 Å². The number of thiocarbonyl (C=S) groups is 1. The van der Waals surface area contributed by atoms with Crippen molar-refractivity contribution in [2.75, 3.05) is 12.0 Å². The van der Waals surface area contributed by atoms with Crippen LogP contribution in [0.4, 0.5) is 11.4 Å². The minimum Gasteiger partial charge on any atom is -0.493 e. The Bertz CT molecular complexity index is 1000. The van der Waals surface area contributed by atoms with Gasteiger partial charge >= 0.3 is 0 Å². The zero-order chi connectivity index (χ0) is 21.1. The summed E-state index contributed by atoms with van der Waals surface area (Å²) in [6.45, 7) is 3.85. The second kappa shape index (κ2) is 8.62. The van der Waals surface area contributed by atoms with Crippen LogP contribution in [0, 0.1) is 10.1 Å². The van der Waals surface area contributed by atoms with Crippen LogP contribution in [0.15, 0.2) is 47.4 Å². The van der Waals surface area contributed by atoms with Gasteiger partial charge in [-0.1, -0.05) is 30.0 Å². The Hall–Kier alpha value is -2.91. The first kappa shape index (κ1) is 20.8. The van der Waals surface area contributed by atoms with Gasteiger partial charge in [0.2, 0.25) is 0 Å². The summed E-state index contributed by atoms with van der Waals surface area (Å²) in [6.07, 6.45) is 1.74. The number of methoxy groups -OCH3 is 1. The molecule has 3 rings (SSSR count). The van der Waals surface area contributed by atoms with Crippen LogP contribution in [0.3, 0.4) is 0 Å². The number of nitro benzene ring substituents is 1. The summed E-state index contributed by atoms with van der Waals surface area (Å²) in [5.74, 6) is 0.909. The Balaban J connectivity index is 1.87. The van der Waals surface area contributed by atoms with Crippen molar-refractivity contribution >= 4 is 51.7 Å². The summed E-state index contributed by atoms with van der Waals surface area (Å²) >= 11 is 6.52. The number of ether oxygens (including phenoxy) is 2. The molecule has 150 valence electrons. The first-order chi connectivity index (χ1) is 13.8. The number of hydrogen-bond donors (Lipinski definition) is 0. The molecule has 0 unspecified atom stereocenters. The first-order valence-corrected chi connectivity index (χ1v) is 9.89. The van der Waals surface area contributed by atoms with E-state index in [1.54, 1.807) is 25.3 Å². The molecule has 0 saturated carbocycles. The lowest BCUT2D eigenvalue weighted by atomic mass is 10.1. The molecule has 9 heteroatoms. The maximum Gasteiger partial charge on any atom is 0.270 e. The second-order valence-corrected chi connectivity index (χ2v) is 8.04. The van der Waals surface area contributed by atoms with Gasteiger partial charge in [-0.05, 0) is 49.8 Å². The highest BCUT2D eigenvalue weighted by Crippen LogP contribution is 2.37. The molecule has 2 aromatic carbocycles. The van der Waals surface area contributed by atoms with E-state index in [-0.39, 0.29) is 17.7 Å². The number of benzene rings is 2. The molecule has 0 aromatic heterocycles. The minimum absolute atomic E-state index is 0.00713. The predicted molar refractivity (Wildman–Crippen MR) is 118 cm³/mol. The molecule has 1 aliphatic rings. The largest absolute Gasteiger partial charge is 0.493 e. The van der Waals surface area contributed by atoms with E-state index >= 15 is 0 Å². The Morgan fingerprint density at radius 3 is 2.45 bits per heavy atom. The van der Waals surface area contributed by atoms with Gasteiger partial charge in [0, 0.05) is 12.1 Å². The van der Waals surface area contributed by atoms with Gasteiger partial charge in [0.05, 0.1) is 28.7 Å². The molecular weight excluding hydrogens is 412 g/mol. The molecule has 0 atom stereocenters. The Kier molecular flexibility index (Phi) is 6.19. The fourth-order valence-corrected chi connectivity index (χ4v) is 3.99. The third-order valence-electron chi connectivity index (χ3n) is 3.96. The second-order valence-electron chi connectivity index (χ2n) is 6.37. The van der Waals surface area contributed by atoms with Gasteiger partial charge < -0.3 is 9.47 Å². The van der Waals surface area contributed by atoms with Gasteiger partial charge in [0.1, 0.15) is 0 Å². The van der Waals surface area contributed by atoms with Gasteiger partial charge in [-0.15, -0.1) is 0 Å². The number of rotatable bonds is 6. The Morgan fingerprint density at radius 2 is 1.86 bits per heavy atom. The molecule has 7 nitrogen and oxygen atoms in total. The first-order valence-electron chi connectivity index (χ1n) is 8.67. The zero-order valence-corrected chi connectivity index (χ0v) is 17.6. The number of amides is 1. The van der Waals surface area contributed by atoms with Crippen LogP contribution >= 0.6 is 24.0 Å². The van der Waals surface area contributed by atoms with Gasteiger partial charge in [-0.25, -0.2) is 0 Å². The summed E-state index contributed by atoms with van der Waals surface area (Å²) in [7, 11) is 1.56. The third-order valence-corrected chi connectivity index (χ3v) is 5.26. The maximum atomic E-state index is 12.9. The maximum absolute atomic E-state index is 12.9. The number of nitrogens with zero attached hydrogens (tertiary/aromatic N) is 2. The van der Waals surface area contributed by atoms with Crippen LogP contribution in [-0.4, -0.2) is 28.4 Å². The average molecular weight is 431 g/mol. The van der Waals surface area contributed by atoms with Gasteiger partial charge in [-0.2, -0.15) is 0 Å². The number of carbonyl (C=O) groups excluding carboxylic acids is 1. The number of nitro groups is 1. The van der Waals surface area contributed by atoms with Crippen molar-refractivity contribution in [3.63, 3.8) is 0 Å². The molecule has 1 saturated heterocycles. The molecule has 1 aliphatic heterocycles. The number of thioether (sulfide) groups is 1. The molecule has 2 aromatic rings. The number of anilines is 1. The number of hydrogen-bond acceptors (Lipinski definition) is 7. The van der Waals surface area contributed by atoms with Crippen molar-refractivity contribution in [3.05, 3.63) is 63.0 Å². The van der Waals surface area contributed by atoms with Crippen LogP contribution in [0.1, 0.15) is 19.4 Å².